The minimum atomic E-state index is 0. The largest absolute Gasteiger partial charge is 0.497 e. The van der Waals surface area contributed by atoms with E-state index in [4.69, 9.17) is 14.5 Å². The molecule has 2 aromatic carbocycles. The Hall–Kier alpha value is -2.57. The summed E-state index contributed by atoms with van der Waals surface area (Å²) in [6.45, 7) is 0. The molecule has 0 radical (unpaired) electrons. The summed E-state index contributed by atoms with van der Waals surface area (Å²) >= 11 is 1.58. The van der Waals surface area contributed by atoms with Gasteiger partial charge in [-0.1, -0.05) is 6.07 Å². The van der Waals surface area contributed by atoms with Gasteiger partial charge in [-0.2, -0.15) is 0 Å². The van der Waals surface area contributed by atoms with Gasteiger partial charge in [-0.3, -0.25) is 4.79 Å². The number of carbonyl (C=O) groups excluding carboxylic acids is 1. The topological polar surface area (TPSA) is 60.5 Å². The van der Waals surface area contributed by atoms with E-state index in [0.717, 1.165) is 51.0 Å². The number of fused-ring (bicyclic) bond motifs is 1. The molecule has 0 spiro atoms. The van der Waals surface area contributed by atoms with Gasteiger partial charge in [0.2, 0.25) is 5.91 Å². The Morgan fingerprint density at radius 2 is 1.93 bits per heavy atom. The predicted molar refractivity (Wildman–Crippen MR) is 110 cm³/mol. The van der Waals surface area contributed by atoms with Crippen LogP contribution < -0.4 is 14.8 Å². The van der Waals surface area contributed by atoms with Crippen LogP contribution in [0.4, 0.5) is 5.69 Å². The number of ether oxygens (including phenoxy) is 2. The summed E-state index contributed by atoms with van der Waals surface area (Å²) in [4.78, 5) is 16.3. The lowest BCUT2D eigenvalue weighted by Gasteiger charge is -2.17. The molecule has 7 heteroatoms. The van der Waals surface area contributed by atoms with Crippen molar-refractivity contribution in [3.8, 4) is 33.3 Å². The van der Waals surface area contributed by atoms with E-state index in [1.807, 2.05) is 35.7 Å². The summed E-state index contributed by atoms with van der Waals surface area (Å²) in [6, 6.07) is 11.8. The van der Waals surface area contributed by atoms with Gasteiger partial charge in [-0.05, 0) is 36.2 Å². The molecule has 1 aliphatic heterocycles. The molecular formula is C20H19ClN2O3S. The molecular weight excluding hydrogens is 384 g/mol. The number of rotatable bonds is 4. The highest BCUT2D eigenvalue weighted by Gasteiger charge is 2.17. The molecule has 0 bridgehead atoms. The average Bonchev–Trinajstić information content (AvgIpc) is 3.17. The molecule has 27 heavy (non-hydrogen) atoms. The number of hydrogen-bond acceptors (Lipinski definition) is 5. The zero-order chi connectivity index (χ0) is 18.1. The van der Waals surface area contributed by atoms with Crippen LogP contribution in [0.5, 0.6) is 11.5 Å². The Morgan fingerprint density at radius 1 is 1.07 bits per heavy atom. The highest BCUT2D eigenvalue weighted by atomic mass is 35.5. The van der Waals surface area contributed by atoms with E-state index >= 15 is 0 Å². The molecule has 140 valence electrons. The summed E-state index contributed by atoms with van der Waals surface area (Å²) < 4.78 is 10.7. The second-order valence-corrected chi connectivity index (χ2v) is 6.88. The lowest BCUT2D eigenvalue weighted by atomic mass is 9.99. The molecule has 0 atom stereocenters. The van der Waals surface area contributed by atoms with Gasteiger partial charge in [-0.15, -0.1) is 23.7 Å². The van der Waals surface area contributed by atoms with E-state index in [1.165, 1.54) is 0 Å². The van der Waals surface area contributed by atoms with Crippen molar-refractivity contribution in [1.29, 1.82) is 0 Å². The van der Waals surface area contributed by atoms with Crippen LogP contribution in [0.1, 0.15) is 12.0 Å². The molecule has 2 heterocycles. The average molecular weight is 403 g/mol. The number of methoxy groups -OCH3 is 2. The zero-order valence-electron chi connectivity index (χ0n) is 14.9. The van der Waals surface area contributed by atoms with Crippen LogP contribution in [-0.2, 0) is 11.2 Å². The van der Waals surface area contributed by atoms with Crippen LogP contribution in [0.25, 0.3) is 21.8 Å². The first-order valence-corrected chi connectivity index (χ1v) is 9.17. The Bertz CT molecular complexity index is 987. The van der Waals surface area contributed by atoms with Gasteiger partial charge in [-0.25, -0.2) is 4.98 Å². The number of anilines is 1. The molecule has 5 nitrogen and oxygen atoms in total. The van der Waals surface area contributed by atoms with Gasteiger partial charge >= 0.3 is 0 Å². The van der Waals surface area contributed by atoms with Gasteiger partial charge in [0, 0.05) is 29.1 Å². The van der Waals surface area contributed by atoms with E-state index in [2.05, 4.69) is 11.4 Å². The molecule has 1 amide bonds. The molecule has 0 saturated carbocycles. The Labute approximate surface area is 167 Å². The third kappa shape index (κ3) is 3.77. The van der Waals surface area contributed by atoms with Crippen molar-refractivity contribution in [2.24, 2.45) is 0 Å². The highest BCUT2D eigenvalue weighted by Crippen LogP contribution is 2.37. The Kier molecular flexibility index (Phi) is 5.68. The number of aromatic nitrogens is 1. The fraction of sp³-hybridized carbons (Fsp3) is 0.200. The van der Waals surface area contributed by atoms with Crippen molar-refractivity contribution < 1.29 is 14.3 Å². The van der Waals surface area contributed by atoms with E-state index in [0.29, 0.717) is 6.42 Å². The summed E-state index contributed by atoms with van der Waals surface area (Å²) in [7, 11) is 3.28. The van der Waals surface area contributed by atoms with Crippen molar-refractivity contribution in [3.63, 3.8) is 0 Å². The van der Waals surface area contributed by atoms with Gasteiger partial charge < -0.3 is 14.8 Å². The highest BCUT2D eigenvalue weighted by molar-refractivity contribution is 7.13. The third-order valence-electron chi connectivity index (χ3n) is 4.44. The molecule has 1 aliphatic rings. The first-order chi connectivity index (χ1) is 12.7. The predicted octanol–water partition coefficient (Wildman–Crippen LogP) is 4.80. The summed E-state index contributed by atoms with van der Waals surface area (Å²) in [5, 5.41) is 5.85. The number of hydrogen-bond donors (Lipinski definition) is 1. The number of nitrogens with zero attached hydrogens (tertiary/aromatic N) is 1. The SMILES string of the molecule is COc1ccc(-c2nc(-c3ccc4c(c3)CCC(=O)N4)cs2)c(OC)c1.Cl. The maximum absolute atomic E-state index is 11.5. The molecule has 1 aromatic heterocycles. The third-order valence-corrected chi connectivity index (χ3v) is 5.32. The van der Waals surface area contributed by atoms with Gasteiger partial charge in [0.1, 0.15) is 16.5 Å². The number of nitrogens with one attached hydrogen (secondary N) is 1. The van der Waals surface area contributed by atoms with E-state index < -0.39 is 0 Å². The second-order valence-electron chi connectivity index (χ2n) is 6.02. The van der Waals surface area contributed by atoms with Gasteiger partial charge in [0.25, 0.3) is 0 Å². The molecule has 0 aliphatic carbocycles. The summed E-state index contributed by atoms with van der Waals surface area (Å²) in [5.74, 6) is 1.56. The standard InChI is InChI=1S/C20H18N2O3S.ClH/c1-24-14-5-6-15(18(10-14)25-2)20-22-17(11-26-20)13-3-7-16-12(9-13)4-8-19(23)21-16;/h3,5-7,9-11H,4,8H2,1-2H3,(H,21,23);1H. The monoisotopic (exact) mass is 402 g/mol. The minimum absolute atomic E-state index is 0. The van der Waals surface area contributed by atoms with Crippen molar-refractivity contribution >= 4 is 35.3 Å². The summed E-state index contributed by atoms with van der Waals surface area (Å²) in [6.07, 6.45) is 1.29. The van der Waals surface area contributed by atoms with Crippen molar-refractivity contribution in [1.82, 2.24) is 4.98 Å². The van der Waals surface area contributed by atoms with Crippen LogP contribution >= 0.6 is 23.7 Å². The smallest absolute Gasteiger partial charge is 0.224 e. The van der Waals surface area contributed by atoms with Crippen LogP contribution in [-0.4, -0.2) is 25.1 Å². The van der Waals surface area contributed by atoms with Crippen molar-refractivity contribution in [2.45, 2.75) is 12.8 Å². The number of carbonyl (C=O) groups is 1. The number of benzene rings is 2. The van der Waals surface area contributed by atoms with E-state index in [9.17, 15) is 4.79 Å². The molecule has 0 saturated heterocycles. The number of amides is 1. The van der Waals surface area contributed by atoms with Crippen molar-refractivity contribution in [2.75, 3.05) is 19.5 Å². The number of halogens is 1. The van der Waals surface area contributed by atoms with Gasteiger partial charge in [0.15, 0.2) is 0 Å². The minimum Gasteiger partial charge on any atom is -0.497 e. The maximum Gasteiger partial charge on any atom is 0.224 e. The normalized spacial score (nSPS) is 12.6. The second kappa shape index (κ2) is 7.98. The first-order valence-electron chi connectivity index (χ1n) is 8.29. The molecule has 4 rings (SSSR count). The van der Waals surface area contributed by atoms with E-state index in [-0.39, 0.29) is 18.3 Å². The first kappa shape index (κ1) is 19.2. The lowest BCUT2D eigenvalue weighted by molar-refractivity contribution is -0.116. The maximum atomic E-state index is 11.5. The molecule has 1 N–H and O–H groups in total. The van der Waals surface area contributed by atoms with Crippen LogP contribution in [0.2, 0.25) is 0 Å². The molecule has 3 aromatic rings. The lowest BCUT2D eigenvalue weighted by Crippen LogP contribution is -2.18. The van der Waals surface area contributed by atoms with E-state index in [1.54, 1.807) is 25.6 Å². The zero-order valence-corrected chi connectivity index (χ0v) is 16.6. The molecule has 0 unspecified atom stereocenters. The Morgan fingerprint density at radius 3 is 2.70 bits per heavy atom. The molecule has 0 fully saturated rings. The van der Waals surface area contributed by atoms with Crippen molar-refractivity contribution in [3.05, 3.63) is 47.3 Å². The quantitative estimate of drug-likeness (QED) is 0.680. The fourth-order valence-corrected chi connectivity index (χ4v) is 3.91. The Balaban J connectivity index is 0.00000210. The van der Waals surface area contributed by atoms with Crippen LogP contribution in [0, 0.1) is 0 Å². The van der Waals surface area contributed by atoms with Gasteiger partial charge in [0.05, 0.1) is 25.5 Å². The van der Waals surface area contributed by atoms with Crippen LogP contribution in [0.3, 0.4) is 0 Å². The number of aryl methyl sites for hydroxylation is 1. The fourth-order valence-electron chi connectivity index (χ4n) is 3.05. The number of thiazole rings is 1. The summed E-state index contributed by atoms with van der Waals surface area (Å²) in [5.41, 5.74) is 4.96. The van der Waals surface area contributed by atoms with Crippen LogP contribution in [0.15, 0.2) is 41.8 Å².